The van der Waals surface area contributed by atoms with E-state index in [4.69, 9.17) is 9.47 Å². The Bertz CT molecular complexity index is 1000. The molecule has 1 N–H and O–H groups in total. The molecule has 2 aliphatic heterocycles. The molecule has 32 heavy (non-hydrogen) atoms. The van der Waals surface area contributed by atoms with Crippen molar-refractivity contribution in [3.05, 3.63) is 41.6 Å². The Morgan fingerprint density at radius 1 is 1.09 bits per heavy atom. The first-order valence-corrected chi connectivity index (χ1v) is 10.4. The van der Waals surface area contributed by atoms with Crippen molar-refractivity contribution in [3.8, 4) is 11.5 Å². The number of hydrogen-bond acceptors (Lipinski definition) is 6. The second-order valence-corrected chi connectivity index (χ2v) is 7.45. The van der Waals surface area contributed by atoms with Crippen molar-refractivity contribution < 1.29 is 27.4 Å². The SMILES string of the molecule is O=C(CCc1ccc(C(F)(F)F)nc1N1CCC=NCC1)Nc1ccc2c(c1)OCCO2. The highest BCUT2D eigenvalue weighted by atomic mass is 19.4. The van der Waals surface area contributed by atoms with Gasteiger partial charge >= 0.3 is 6.18 Å². The molecule has 1 aromatic carbocycles. The van der Waals surface area contributed by atoms with Crippen LogP contribution in [-0.2, 0) is 17.4 Å². The number of halogens is 3. The van der Waals surface area contributed by atoms with E-state index in [1.165, 1.54) is 6.07 Å². The highest BCUT2D eigenvalue weighted by molar-refractivity contribution is 5.91. The molecule has 0 aliphatic carbocycles. The number of nitrogens with one attached hydrogen (secondary N) is 1. The van der Waals surface area contributed by atoms with E-state index in [-0.39, 0.29) is 24.6 Å². The van der Waals surface area contributed by atoms with Crippen LogP contribution in [0, 0.1) is 0 Å². The van der Waals surface area contributed by atoms with Crippen molar-refractivity contribution in [2.75, 3.05) is 43.1 Å². The molecular weight excluding hydrogens is 425 g/mol. The van der Waals surface area contributed by atoms with Crippen LogP contribution in [0.25, 0.3) is 0 Å². The molecule has 0 fully saturated rings. The number of rotatable bonds is 5. The quantitative estimate of drug-likeness (QED) is 0.755. The minimum Gasteiger partial charge on any atom is -0.486 e. The number of ether oxygens (including phenoxy) is 2. The second-order valence-electron chi connectivity index (χ2n) is 7.45. The van der Waals surface area contributed by atoms with E-state index in [0.717, 1.165) is 6.07 Å². The predicted molar refractivity (Wildman–Crippen MR) is 114 cm³/mol. The predicted octanol–water partition coefficient (Wildman–Crippen LogP) is 3.72. The molecule has 0 radical (unpaired) electrons. The van der Waals surface area contributed by atoms with Gasteiger partial charge in [-0.15, -0.1) is 0 Å². The van der Waals surface area contributed by atoms with Gasteiger partial charge in [0.25, 0.3) is 0 Å². The van der Waals surface area contributed by atoms with Crippen molar-refractivity contribution in [2.24, 2.45) is 4.99 Å². The zero-order chi connectivity index (χ0) is 22.6. The summed E-state index contributed by atoms with van der Waals surface area (Å²) in [5.41, 5.74) is 0.217. The van der Waals surface area contributed by atoms with Crippen LogP contribution in [0.2, 0.25) is 0 Å². The lowest BCUT2D eigenvalue weighted by Gasteiger charge is -2.25. The molecule has 0 saturated heterocycles. The van der Waals surface area contributed by atoms with Crippen LogP contribution < -0.4 is 19.7 Å². The van der Waals surface area contributed by atoms with E-state index in [1.54, 1.807) is 29.3 Å². The Labute approximate surface area is 183 Å². The highest BCUT2D eigenvalue weighted by Gasteiger charge is 2.33. The minimum absolute atomic E-state index is 0.0961. The van der Waals surface area contributed by atoms with Crippen molar-refractivity contribution in [2.45, 2.75) is 25.4 Å². The number of aliphatic imine (C=N–C) groups is 1. The third-order valence-corrected chi connectivity index (χ3v) is 5.15. The van der Waals surface area contributed by atoms with E-state index in [9.17, 15) is 18.0 Å². The van der Waals surface area contributed by atoms with Crippen molar-refractivity contribution in [1.29, 1.82) is 0 Å². The molecular formula is C22H23F3N4O3. The van der Waals surface area contributed by atoms with Gasteiger partial charge in [-0.3, -0.25) is 9.79 Å². The van der Waals surface area contributed by atoms with Gasteiger partial charge < -0.3 is 19.7 Å². The number of nitrogens with zero attached hydrogens (tertiary/aromatic N) is 3. The number of fused-ring (bicyclic) bond motifs is 1. The number of anilines is 2. The average molecular weight is 448 g/mol. The molecule has 10 heteroatoms. The number of alkyl halides is 3. The van der Waals surface area contributed by atoms with E-state index < -0.39 is 11.9 Å². The largest absolute Gasteiger partial charge is 0.486 e. The molecule has 0 bridgehead atoms. The summed E-state index contributed by atoms with van der Waals surface area (Å²) in [6, 6.07) is 7.51. The van der Waals surface area contributed by atoms with Crippen LogP contribution in [0.4, 0.5) is 24.7 Å². The summed E-state index contributed by atoms with van der Waals surface area (Å²) in [7, 11) is 0. The van der Waals surface area contributed by atoms with Gasteiger partial charge in [0.15, 0.2) is 11.5 Å². The van der Waals surface area contributed by atoms with Crippen LogP contribution in [0.1, 0.15) is 24.1 Å². The standard InChI is InChI=1S/C22H23F3N4O3/c23-22(24,25)19-6-2-15(21(28-19)29-10-1-8-26-9-11-29)3-7-20(30)27-16-4-5-17-18(14-16)32-13-12-31-17/h2,4-6,8,14H,1,3,7,9-13H2,(H,27,30). The fraction of sp³-hybridized carbons (Fsp3) is 0.409. The lowest BCUT2D eigenvalue weighted by molar-refractivity contribution is -0.141. The summed E-state index contributed by atoms with van der Waals surface area (Å²) in [5.74, 6) is 1.19. The molecule has 170 valence electrons. The van der Waals surface area contributed by atoms with Crippen LogP contribution >= 0.6 is 0 Å². The fourth-order valence-corrected chi connectivity index (χ4v) is 3.60. The first kappa shape index (κ1) is 21.9. The average Bonchev–Trinajstić information content (AvgIpc) is 3.06. The number of hydrogen-bond donors (Lipinski definition) is 1. The summed E-state index contributed by atoms with van der Waals surface area (Å²) < 4.78 is 50.7. The van der Waals surface area contributed by atoms with E-state index in [1.807, 2.05) is 0 Å². The first-order chi connectivity index (χ1) is 15.4. The third-order valence-electron chi connectivity index (χ3n) is 5.15. The van der Waals surface area contributed by atoms with Gasteiger partial charge in [0.1, 0.15) is 24.7 Å². The van der Waals surface area contributed by atoms with Gasteiger partial charge in [-0.1, -0.05) is 6.07 Å². The van der Waals surface area contributed by atoms with Crippen LogP contribution in [-0.4, -0.2) is 50.0 Å². The monoisotopic (exact) mass is 448 g/mol. The fourth-order valence-electron chi connectivity index (χ4n) is 3.60. The Morgan fingerprint density at radius 3 is 2.72 bits per heavy atom. The maximum absolute atomic E-state index is 13.2. The van der Waals surface area contributed by atoms with Gasteiger partial charge in [-0.05, 0) is 36.6 Å². The number of benzene rings is 1. The lowest BCUT2D eigenvalue weighted by Crippen LogP contribution is -2.29. The van der Waals surface area contributed by atoms with Crippen LogP contribution in [0.15, 0.2) is 35.3 Å². The van der Waals surface area contributed by atoms with Gasteiger partial charge in [0.2, 0.25) is 5.91 Å². The zero-order valence-electron chi connectivity index (χ0n) is 17.3. The van der Waals surface area contributed by atoms with Crippen molar-refractivity contribution in [1.82, 2.24) is 4.98 Å². The van der Waals surface area contributed by atoms with Gasteiger partial charge in [-0.25, -0.2) is 4.98 Å². The van der Waals surface area contributed by atoms with Crippen LogP contribution in [0.3, 0.4) is 0 Å². The first-order valence-electron chi connectivity index (χ1n) is 10.4. The summed E-state index contributed by atoms with van der Waals surface area (Å²) in [6.45, 7) is 2.40. The Morgan fingerprint density at radius 2 is 1.91 bits per heavy atom. The van der Waals surface area contributed by atoms with Crippen molar-refractivity contribution in [3.63, 3.8) is 0 Å². The molecule has 0 spiro atoms. The number of carbonyl (C=O) groups excluding carboxylic acids is 1. The molecule has 1 amide bonds. The summed E-state index contributed by atoms with van der Waals surface area (Å²) >= 11 is 0. The number of carbonyl (C=O) groups is 1. The molecule has 4 rings (SSSR count). The molecule has 0 saturated carbocycles. The van der Waals surface area contributed by atoms with E-state index in [0.29, 0.717) is 62.0 Å². The molecule has 7 nitrogen and oxygen atoms in total. The Hall–Kier alpha value is -3.30. The third kappa shape index (κ3) is 5.30. The molecule has 0 atom stereocenters. The summed E-state index contributed by atoms with van der Waals surface area (Å²) in [6.07, 6.45) is -1.78. The van der Waals surface area contributed by atoms with Gasteiger partial charge in [0, 0.05) is 37.5 Å². The summed E-state index contributed by atoms with van der Waals surface area (Å²) in [5, 5.41) is 2.80. The highest BCUT2D eigenvalue weighted by Crippen LogP contribution is 2.33. The van der Waals surface area contributed by atoms with Gasteiger partial charge in [-0.2, -0.15) is 13.2 Å². The molecule has 3 heterocycles. The smallest absolute Gasteiger partial charge is 0.433 e. The van der Waals surface area contributed by atoms with Gasteiger partial charge in [0.05, 0.1) is 6.54 Å². The van der Waals surface area contributed by atoms with Crippen LogP contribution in [0.5, 0.6) is 11.5 Å². The maximum Gasteiger partial charge on any atom is 0.433 e. The van der Waals surface area contributed by atoms with E-state index in [2.05, 4.69) is 15.3 Å². The number of amides is 1. The Balaban J connectivity index is 1.46. The molecule has 2 aromatic rings. The number of aryl methyl sites for hydroxylation is 1. The normalized spacial score (nSPS) is 15.9. The zero-order valence-corrected chi connectivity index (χ0v) is 17.3. The maximum atomic E-state index is 13.2. The topological polar surface area (TPSA) is 76.1 Å². The Kier molecular flexibility index (Phi) is 6.48. The van der Waals surface area contributed by atoms with Crippen molar-refractivity contribution >= 4 is 23.6 Å². The lowest BCUT2D eigenvalue weighted by atomic mass is 10.1. The molecule has 1 aromatic heterocycles. The second kappa shape index (κ2) is 9.46. The number of pyridine rings is 1. The van der Waals surface area contributed by atoms with E-state index >= 15 is 0 Å². The minimum atomic E-state index is -4.54. The summed E-state index contributed by atoms with van der Waals surface area (Å²) in [4.78, 5) is 22.4. The molecule has 2 aliphatic rings. The molecule has 0 unspecified atom stereocenters. The number of aromatic nitrogens is 1.